The van der Waals surface area contributed by atoms with Gasteiger partial charge in [-0.05, 0) is 74.7 Å². The number of aryl methyl sites for hydroxylation is 3. The highest BCUT2D eigenvalue weighted by molar-refractivity contribution is 6.30. The molecule has 0 bridgehead atoms. The van der Waals surface area contributed by atoms with Crippen molar-refractivity contribution in [1.82, 2.24) is 0 Å². The molecule has 0 atom stereocenters. The van der Waals surface area contributed by atoms with E-state index in [4.69, 9.17) is 20.8 Å². The molecule has 1 aromatic heterocycles. The number of furan rings is 1. The van der Waals surface area contributed by atoms with E-state index in [0.29, 0.717) is 16.5 Å². The van der Waals surface area contributed by atoms with E-state index in [2.05, 4.69) is 37.4 Å². The minimum Gasteiger partial charge on any atom is -0.496 e. The highest BCUT2D eigenvalue weighted by atomic mass is 35.5. The first-order valence-electron chi connectivity index (χ1n) is 10.7. The van der Waals surface area contributed by atoms with Crippen LogP contribution in [0.1, 0.15) is 29.2 Å². The summed E-state index contributed by atoms with van der Waals surface area (Å²) in [4.78, 5) is 12.7. The molecule has 4 rings (SSSR count). The predicted molar refractivity (Wildman–Crippen MR) is 136 cm³/mol. The van der Waals surface area contributed by atoms with Gasteiger partial charge in [-0.1, -0.05) is 35.4 Å². The Hall–Kier alpha value is -3.50. The number of benzene rings is 3. The van der Waals surface area contributed by atoms with Crippen LogP contribution >= 0.6 is 11.6 Å². The minimum atomic E-state index is -0.226. The predicted octanol–water partition coefficient (Wildman–Crippen LogP) is 7.73. The number of anilines is 1. The van der Waals surface area contributed by atoms with Crippen LogP contribution in [0.4, 0.5) is 5.69 Å². The van der Waals surface area contributed by atoms with Crippen LogP contribution in [-0.2, 0) is 4.79 Å². The molecule has 33 heavy (non-hydrogen) atoms. The molecular weight excluding hydrogens is 434 g/mol. The highest BCUT2D eigenvalue weighted by Crippen LogP contribution is 2.41. The maximum Gasteiger partial charge on any atom is 0.248 e. The largest absolute Gasteiger partial charge is 0.496 e. The Morgan fingerprint density at radius 1 is 1.03 bits per heavy atom. The molecule has 1 heterocycles. The number of hydrogen-bond donors (Lipinski definition) is 1. The summed E-state index contributed by atoms with van der Waals surface area (Å²) < 4.78 is 11.7. The average molecular weight is 460 g/mol. The number of carbonyl (C=O) groups excluding carboxylic acids is 1. The van der Waals surface area contributed by atoms with Gasteiger partial charge >= 0.3 is 0 Å². The summed E-state index contributed by atoms with van der Waals surface area (Å²) in [6.45, 7) is 8.06. The summed E-state index contributed by atoms with van der Waals surface area (Å²) in [7, 11) is 1.63. The molecule has 168 valence electrons. The fourth-order valence-corrected chi connectivity index (χ4v) is 4.31. The Balaban J connectivity index is 1.78. The Morgan fingerprint density at radius 2 is 1.76 bits per heavy atom. The Morgan fingerprint density at radius 3 is 2.42 bits per heavy atom. The molecule has 5 heteroatoms. The molecule has 0 aliphatic rings. The number of carbonyl (C=O) groups is 1. The van der Waals surface area contributed by atoms with E-state index >= 15 is 0 Å². The van der Waals surface area contributed by atoms with Gasteiger partial charge in [0, 0.05) is 38.9 Å². The van der Waals surface area contributed by atoms with Gasteiger partial charge in [-0.15, -0.1) is 0 Å². The van der Waals surface area contributed by atoms with Crippen molar-refractivity contribution in [1.29, 1.82) is 0 Å². The Kier molecular flexibility index (Phi) is 6.30. The van der Waals surface area contributed by atoms with Crippen LogP contribution in [-0.4, -0.2) is 13.0 Å². The number of ether oxygens (including phenoxy) is 1. The molecule has 0 radical (unpaired) electrons. The third-order valence-corrected chi connectivity index (χ3v) is 6.06. The maximum atomic E-state index is 12.7. The monoisotopic (exact) mass is 459 g/mol. The van der Waals surface area contributed by atoms with Crippen molar-refractivity contribution in [2.45, 2.75) is 27.7 Å². The number of fused-ring (bicyclic) bond motifs is 1. The van der Waals surface area contributed by atoms with E-state index in [1.807, 2.05) is 19.9 Å². The van der Waals surface area contributed by atoms with Crippen molar-refractivity contribution in [3.63, 3.8) is 0 Å². The molecule has 1 amide bonds. The van der Waals surface area contributed by atoms with Gasteiger partial charge in [0.25, 0.3) is 0 Å². The number of hydrogen-bond acceptors (Lipinski definition) is 3. The van der Waals surface area contributed by atoms with Crippen LogP contribution in [0.5, 0.6) is 5.75 Å². The van der Waals surface area contributed by atoms with E-state index in [-0.39, 0.29) is 5.91 Å². The van der Waals surface area contributed by atoms with Gasteiger partial charge in [-0.2, -0.15) is 0 Å². The molecule has 1 N–H and O–H groups in total. The van der Waals surface area contributed by atoms with Crippen molar-refractivity contribution < 1.29 is 13.9 Å². The molecule has 0 saturated carbocycles. The van der Waals surface area contributed by atoms with Gasteiger partial charge in [-0.3, -0.25) is 4.79 Å². The van der Waals surface area contributed by atoms with Crippen LogP contribution in [0.2, 0.25) is 5.02 Å². The molecule has 0 unspecified atom stereocenters. The summed E-state index contributed by atoms with van der Waals surface area (Å²) >= 11 is 5.93. The van der Waals surface area contributed by atoms with E-state index in [1.165, 1.54) is 11.1 Å². The molecule has 3 aromatic carbocycles. The lowest BCUT2D eigenvalue weighted by Gasteiger charge is -2.14. The summed E-state index contributed by atoms with van der Waals surface area (Å²) in [5.74, 6) is 0.466. The molecule has 0 aliphatic heterocycles. The van der Waals surface area contributed by atoms with E-state index in [9.17, 15) is 4.79 Å². The van der Waals surface area contributed by atoms with E-state index in [1.54, 1.807) is 43.7 Å². The van der Waals surface area contributed by atoms with Crippen LogP contribution in [0.15, 0.2) is 65.3 Å². The first-order chi connectivity index (χ1) is 15.8. The molecule has 4 nitrogen and oxygen atoms in total. The van der Waals surface area contributed by atoms with E-state index in [0.717, 1.165) is 38.8 Å². The summed E-state index contributed by atoms with van der Waals surface area (Å²) in [5.41, 5.74) is 8.53. The molecule has 0 aliphatic carbocycles. The second-order valence-corrected chi connectivity index (χ2v) is 8.69. The number of methoxy groups -OCH3 is 1. The van der Waals surface area contributed by atoms with E-state index < -0.39 is 0 Å². The van der Waals surface area contributed by atoms with Gasteiger partial charge < -0.3 is 14.5 Å². The standard InChI is InChI=1S/C28H26ClNO3/c1-16-6-11-22(17(2)12-16)25-15-33-28-19(4)27(32-5)23(14-24(25)28)18(3)13-26(31)30-21-9-7-20(29)8-10-21/h6-15H,1-5H3,(H,30,31)/b18-13+. The van der Waals surface area contributed by atoms with Gasteiger partial charge in [0.2, 0.25) is 5.91 Å². The van der Waals surface area contributed by atoms with Crippen molar-refractivity contribution in [2.75, 3.05) is 12.4 Å². The van der Waals surface area contributed by atoms with Crippen molar-refractivity contribution in [3.8, 4) is 16.9 Å². The fourth-order valence-electron chi connectivity index (χ4n) is 4.18. The van der Waals surface area contributed by atoms with Gasteiger partial charge in [0.1, 0.15) is 11.3 Å². The number of halogens is 1. The quantitative estimate of drug-likeness (QED) is 0.310. The number of rotatable bonds is 5. The number of nitrogens with one attached hydrogen (secondary N) is 1. The zero-order chi connectivity index (χ0) is 23.7. The molecule has 0 fully saturated rings. The van der Waals surface area contributed by atoms with Crippen LogP contribution in [0.25, 0.3) is 27.7 Å². The summed E-state index contributed by atoms with van der Waals surface area (Å²) in [5, 5.41) is 4.48. The lowest BCUT2D eigenvalue weighted by molar-refractivity contribution is -0.111. The first-order valence-corrected chi connectivity index (χ1v) is 11.1. The molecule has 0 spiro atoms. The highest BCUT2D eigenvalue weighted by Gasteiger charge is 2.19. The van der Waals surface area contributed by atoms with Gasteiger partial charge in [-0.25, -0.2) is 0 Å². The molecule has 4 aromatic rings. The number of allylic oxidation sites excluding steroid dienone is 1. The average Bonchev–Trinajstić information content (AvgIpc) is 3.19. The summed E-state index contributed by atoms with van der Waals surface area (Å²) in [6.07, 6.45) is 3.37. The first kappa shape index (κ1) is 22.7. The second-order valence-electron chi connectivity index (χ2n) is 8.25. The molecular formula is C28H26ClNO3. The van der Waals surface area contributed by atoms with Crippen LogP contribution < -0.4 is 10.1 Å². The van der Waals surface area contributed by atoms with Crippen molar-refractivity contribution in [3.05, 3.63) is 88.1 Å². The third kappa shape index (κ3) is 4.53. The number of amides is 1. The van der Waals surface area contributed by atoms with Crippen LogP contribution in [0.3, 0.4) is 0 Å². The third-order valence-electron chi connectivity index (χ3n) is 5.80. The fraction of sp³-hybridized carbons (Fsp3) is 0.179. The topological polar surface area (TPSA) is 51.5 Å². The maximum absolute atomic E-state index is 12.7. The minimum absolute atomic E-state index is 0.226. The smallest absolute Gasteiger partial charge is 0.248 e. The Bertz CT molecular complexity index is 1380. The zero-order valence-corrected chi connectivity index (χ0v) is 20.1. The SMILES string of the molecule is COc1c(/C(C)=C/C(=O)Nc2ccc(Cl)cc2)cc2c(-c3ccc(C)cc3C)coc2c1C. The Labute approximate surface area is 198 Å². The van der Waals surface area contributed by atoms with Gasteiger partial charge in [0.05, 0.1) is 13.4 Å². The lowest BCUT2D eigenvalue weighted by Crippen LogP contribution is -2.08. The van der Waals surface area contributed by atoms with Gasteiger partial charge in [0.15, 0.2) is 0 Å². The zero-order valence-electron chi connectivity index (χ0n) is 19.4. The van der Waals surface area contributed by atoms with Crippen LogP contribution in [0, 0.1) is 20.8 Å². The van der Waals surface area contributed by atoms with Crippen molar-refractivity contribution in [2.24, 2.45) is 0 Å². The normalized spacial score (nSPS) is 11.6. The van der Waals surface area contributed by atoms with Crippen molar-refractivity contribution >= 4 is 39.7 Å². The molecule has 0 saturated heterocycles. The summed E-state index contributed by atoms with van der Waals surface area (Å²) in [6, 6.07) is 15.4. The second kappa shape index (κ2) is 9.16. The lowest BCUT2D eigenvalue weighted by atomic mass is 9.94.